The highest BCUT2D eigenvalue weighted by Crippen LogP contribution is 2.21. The second kappa shape index (κ2) is 24.0. The predicted molar refractivity (Wildman–Crippen MR) is 270 cm³/mol. The van der Waals surface area contributed by atoms with Crippen LogP contribution in [0.15, 0.2) is 116 Å². The summed E-state index contributed by atoms with van der Waals surface area (Å²) in [5.74, 6) is -5.33. The zero-order valence-electron chi connectivity index (χ0n) is 38.8. The number of carboxylic acids is 1. The van der Waals surface area contributed by atoms with Crippen LogP contribution < -0.4 is 43.4 Å². The van der Waals surface area contributed by atoms with Crippen LogP contribution in [0.2, 0.25) is 0 Å². The summed E-state index contributed by atoms with van der Waals surface area (Å²) in [6.07, 6.45) is 4.63. The third-order valence-corrected chi connectivity index (χ3v) is 12.1. The first-order chi connectivity index (χ1) is 33.4. The molecule has 0 aliphatic heterocycles. The first kappa shape index (κ1) is 51.7. The Balaban J connectivity index is 1.28. The number of benzene rings is 4. The van der Waals surface area contributed by atoms with Gasteiger partial charge in [0.25, 0.3) is 0 Å². The smallest absolute Gasteiger partial charge is 0.326 e. The molecule has 6 rings (SSSR count). The van der Waals surface area contributed by atoms with E-state index < -0.39 is 76.5 Å². The number of nitrogens with two attached hydrogens (primary N) is 2. The molecule has 0 spiro atoms. The van der Waals surface area contributed by atoms with Crippen LogP contribution in [0.25, 0.3) is 21.7 Å². The van der Waals surface area contributed by atoms with Crippen molar-refractivity contribution >= 4 is 75.8 Å². The van der Waals surface area contributed by atoms with E-state index >= 15 is 0 Å². The van der Waals surface area contributed by atoms with Crippen molar-refractivity contribution in [1.82, 2.24) is 46.9 Å². The molecule has 19 nitrogen and oxygen atoms in total. The highest BCUT2D eigenvalue weighted by atomic mass is 32.1. The fourth-order valence-electron chi connectivity index (χ4n) is 7.88. The van der Waals surface area contributed by atoms with E-state index in [0.29, 0.717) is 22.4 Å². The molecule has 0 bridgehead atoms. The van der Waals surface area contributed by atoms with Gasteiger partial charge in [0.05, 0.1) is 18.1 Å². The number of aromatic nitrogens is 3. The Bertz CT molecular complexity index is 2780. The molecule has 0 saturated carbocycles. The van der Waals surface area contributed by atoms with Gasteiger partial charge in [-0.25, -0.2) is 9.78 Å². The molecule has 0 unspecified atom stereocenters. The van der Waals surface area contributed by atoms with Crippen molar-refractivity contribution in [3.05, 3.63) is 138 Å². The molecular weight excluding hydrogens is 913 g/mol. The van der Waals surface area contributed by atoms with Gasteiger partial charge in [-0.05, 0) is 60.2 Å². The Hall–Kier alpha value is -7.71. The van der Waals surface area contributed by atoms with Crippen molar-refractivity contribution < 1.29 is 33.9 Å². The summed E-state index contributed by atoms with van der Waals surface area (Å²) >= 11 is 4.44. The maximum Gasteiger partial charge on any atom is 0.326 e. The number of fused-ring (bicyclic) bond motifs is 2. The average molecular weight is 973 g/mol. The third kappa shape index (κ3) is 14.6. The van der Waals surface area contributed by atoms with E-state index in [2.05, 4.69) is 59.5 Å². The summed E-state index contributed by atoms with van der Waals surface area (Å²) in [5, 5.41) is 37.0. The molecule has 6 atom stereocenters. The number of imidazole rings is 1. The molecule has 2 heterocycles. The fourth-order valence-corrected chi connectivity index (χ4v) is 8.00. The van der Waals surface area contributed by atoms with Crippen LogP contribution in [0.5, 0.6) is 0 Å². The first-order valence-corrected chi connectivity index (χ1v) is 23.2. The van der Waals surface area contributed by atoms with E-state index in [1.165, 1.54) is 6.33 Å². The molecule has 14 N–H and O–H groups in total. The quantitative estimate of drug-likeness (QED) is 0.0180. The molecule has 20 heteroatoms. The Morgan fingerprint density at radius 2 is 1.26 bits per heavy atom. The number of carbonyl (C=O) groups excluding carboxylic acids is 5. The number of aromatic amines is 2. The number of thiol groups is 1. The lowest BCUT2D eigenvalue weighted by Crippen LogP contribution is -2.61. The van der Waals surface area contributed by atoms with Gasteiger partial charge in [0.2, 0.25) is 29.5 Å². The highest BCUT2D eigenvalue weighted by molar-refractivity contribution is 7.81. The van der Waals surface area contributed by atoms with Crippen LogP contribution in [-0.2, 0) is 54.5 Å². The standard InChI is InChI=1S/C50H60N12O7S/c1-50(2,70)42(51)47(67)61-40(25-34-27-54-28-57-34)46(66)60-38(22-29-11-4-3-5-12-29)44(64)58-37(17-10-20-55-49(52)53)43(63)59-39(23-30-18-19-31-13-6-7-14-32(31)21-30)45(65)62-41(48(68)69)24-33-26-56-36-16-9-8-15-35(33)36/h3-9,11-16,18-19,21,26-28,37-42,56,70H,10,17,20,22-25,51H2,1-2H3,(H,54,57)(H,58,64)(H,59,63)(H,60,66)(H,61,67)(H,62,65)(H,68,69)(H4,52,53,55)/t37-,38+,39-,40-,41+,42+/m0/s1. The monoisotopic (exact) mass is 972 g/mol. The lowest BCUT2D eigenvalue weighted by Gasteiger charge is -2.29. The van der Waals surface area contributed by atoms with Crippen molar-refractivity contribution in [2.45, 2.75) is 93.4 Å². The molecule has 5 amide bonds. The number of carboxylic acid groups (broad SMARTS) is 1. The lowest BCUT2D eigenvalue weighted by molar-refractivity contribution is -0.142. The van der Waals surface area contributed by atoms with Crippen molar-refractivity contribution in [2.24, 2.45) is 11.5 Å². The normalized spacial score (nSPS) is 14.0. The molecular formula is C50H60N12O7S. The fraction of sp³-hybridized carbons (Fsp3) is 0.320. The molecule has 0 radical (unpaired) electrons. The molecule has 4 aromatic carbocycles. The Labute approximate surface area is 410 Å². The number of guanidine groups is 1. The molecule has 2 aromatic heterocycles. The summed E-state index contributed by atoms with van der Waals surface area (Å²) in [6.45, 7) is 3.46. The summed E-state index contributed by atoms with van der Waals surface area (Å²) in [7, 11) is 0. The Morgan fingerprint density at radius 1 is 0.686 bits per heavy atom. The van der Waals surface area contributed by atoms with Crippen LogP contribution in [0.1, 0.15) is 49.1 Å². The SMILES string of the molecule is CC(C)(S)[C@H](N)C(=O)N[C@@H](Cc1c[nH]cn1)C(=O)N[C@H](Cc1ccccc1)C(=O)N[C@@H](CCCNC(=N)N)C(=O)N[C@@H](Cc1ccc2ccccc2c1)C(=O)N[C@H](Cc1c[nH]c2ccccc12)C(=O)O. The number of hydrogen-bond acceptors (Lipinski definition) is 10. The molecule has 368 valence electrons. The number of aliphatic carboxylic acids is 1. The van der Waals surface area contributed by atoms with Crippen LogP contribution in [0.3, 0.4) is 0 Å². The first-order valence-electron chi connectivity index (χ1n) is 22.8. The molecule has 0 fully saturated rings. The summed E-state index contributed by atoms with van der Waals surface area (Å²) in [5.41, 5.74) is 15.0. The van der Waals surface area contributed by atoms with Crippen LogP contribution in [0.4, 0.5) is 0 Å². The summed E-state index contributed by atoms with van der Waals surface area (Å²) < 4.78 is -0.951. The topological polar surface area (TPSA) is 315 Å². The van der Waals surface area contributed by atoms with Gasteiger partial charge in [-0.2, -0.15) is 12.6 Å². The van der Waals surface area contributed by atoms with E-state index in [-0.39, 0.29) is 51.0 Å². The van der Waals surface area contributed by atoms with Gasteiger partial charge >= 0.3 is 5.97 Å². The Morgan fingerprint density at radius 3 is 1.90 bits per heavy atom. The van der Waals surface area contributed by atoms with Crippen molar-refractivity contribution in [3.8, 4) is 0 Å². The van der Waals surface area contributed by atoms with Crippen molar-refractivity contribution in [1.29, 1.82) is 5.41 Å². The Kier molecular flexibility index (Phi) is 17.7. The number of nitrogens with one attached hydrogen (secondary N) is 9. The number of carbonyl (C=O) groups is 6. The van der Waals surface area contributed by atoms with E-state index in [9.17, 15) is 33.9 Å². The van der Waals surface area contributed by atoms with E-state index in [1.807, 2.05) is 66.7 Å². The average Bonchev–Trinajstić information content (AvgIpc) is 4.01. The van der Waals surface area contributed by atoms with Gasteiger partial charge < -0.3 is 58.4 Å². The van der Waals surface area contributed by atoms with E-state index in [1.54, 1.807) is 56.6 Å². The number of para-hydroxylation sites is 1. The van der Waals surface area contributed by atoms with Crippen LogP contribution in [-0.4, -0.2) is 109 Å². The summed E-state index contributed by atoms with van der Waals surface area (Å²) in [6, 6.07) is 21.7. The second-order valence-corrected chi connectivity index (χ2v) is 18.8. The number of hydrogen-bond donors (Lipinski definition) is 13. The van der Waals surface area contributed by atoms with Crippen LogP contribution in [0, 0.1) is 5.41 Å². The van der Waals surface area contributed by atoms with Gasteiger partial charge in [-0.3, -0.25) is 29.4 Å². The van der Waals surface area contributed by atoms with Gasteiger partial charge in [-0.1, -0.05) is 91.0 Å². The molecule has 0 aliphatic rings. The van der Waals surface area contributed by atoms with Crippen LogP contribution >= 0.6 is 12.6 Å². The maximum absolute atomic E-state index is 14.6. The third-order valence-electron chi connectivity index (χ3n) is 11.8. The molecule has 70 heavy (non-hydrogen) atoms. The van der Waals surface area contributed by atoms with E-state index in [0.717, 1.165) is 21.7 Å². The van der Waals surface area contributed by atoms with Crippen molar-refractivity contribution in [3.63, 3.8) is 0 Å². The lowest BCUT2D eigenvalue weighted by atomic mass is 9.99. The molecule has 0 aliphatic carbocycles. The number of nitrogens with zero attached hydrogens (tertiary/aromatic N) is 1. The van der Waals surface area contributed by atoms with Gasteiger partial charge in [0.1, 0.15) is 30.2 Å². The molecule has 0 saturated heterocycles. The minimum absolute atomic E-state index is 0.0261. The minimum atomic E-state index is -1.39. The van der Waals surface area contributed by atoms with Gasteiger partial charge in [0, 0.05) is 60.3 Å². The zero-order chi connectivity index (χ0) is 50.4. The maximum atomic E-state index is 14.6. The number of rotatable bonds is 24. The van der Waals surface area contributed by atoms with E-state index in [4.69, 9.17) is 16.9 Å². The van der Waals surface area contributed by atoms with Gasteiger partial charge in [-0.15, -0.1) is 0 Å². The largest absolute Gasteiger partial charge is 0.480 e. The highest BCUT2D eigenvalue weighted by Gasteiger charge is 2.35. The zero-order valence-corrected chi connectivity index (χ0v) is 39.7. The number of amides is 5. The summed E-state index contributed by atoms with van der Waals surface area (Å²) in [4.78, 5) is 94.1. The predicted octanol–water partition coefficient (Wildman–Crippen LogP) is 2.12. The minimum Gasteiger partial charge on any atom is -0.480 e. The number of H-pyrrole nitrogens is 2. The van der Waals surface area contributed by atoms with Gasteiger partial charge in [0.15, 0.2) is 5.96 Å². The van der Waals surface area contributed by atoms with Crippen molar-refractivity contribution in [2.75, 3.05) is 6.54 Å². The second-order valence-electron chi connectivity index (χ2n) is 17.7. The molecule has 6 aromatic rings.